The number of aromatic nitrogens is 3. The van der Waals surface area contributed by atoms with Crippen LogP contribution in [0.3, 0.4) is 0 Å². The van der Waals surface area contributed by atoms with Crippen LogP contribution >= 0.6 is 11.3 Å². The van der Waals surface area contributed by atoms with E-state index in [2.05, 4.69) is 15.0 Å². The largest absolute Gasteiger partial charge is 0.495 e. The van der Waals surface area contributed by atoms with Gasteiger partial charge in [0.05, 0.1) is 31.2 Å². The Labute approximate surface area is 137 Å². The number of sulfonamides is 1. The molecule has 0 aliphatic heterocycles. The Morgan fingerprint density at radius 2 is 2.13 bits per heavy atom. The van der Waals surface area contributed by atoms with E-state index < -0.39 is 10.0 Å². The summed E-state index contributed by atoms with van der Waals surface area (Å²) in [5.41, 5.74) is 1.41. The number of nitrogens with zero attached hydrogens (tertiary/aromatic N) is 3. The Morgan fingerprint density at radius 1 is 1.30 bits per heavy atom. The number of ether oxygens (including phenoxy) is 1. The normalized spacial score (nSPS) is 11.5. The van der Waals surface area contributed by atoms with E-state index in [4.69, 9.17) is 4.74 Å². The van der Waals surface area contributed by atoms with Crippen molar-refractivity contribution in [3.63, 3.8) is 0 Å². The van der Waals surface area contributed by atoms with Gasteiger partial charge in [-0.05, 0) is 23.6 Å². The van der Waals surface area contributed by atoms with Gasteiger partial charge in [-0.1, -0.05) is 17.3 Å². The fraction of sp³-hybridized carbons (Fsp3) is 0.143. The van der Waals surface area contributed by atoms with Crippen molar-refractivity contribution in [2.45, 2.75) is 11.4 Å². The molecule has 0 aliphatic rings. The minimum Gasteiger partial charge on any atom is -0.495 e. The van der Waals surface area contributed by atoms with Gasteiger partial charge in [-0.15, -0.1) is 5.10 Å². The number of hydrogen-bond acceptors (Lipinski definition) is 6. The van der Waals surface area contributed by atoms with Gasteiger partial charge >= 0.3 is 0 Å². The second-order valence-corrected chi connectivity index (χ2v) is 7.13. The van der Waals surface area contributed by atoms with Crippen LogP contribution in [-0.4, -0.2) is 30.5 Å². The maximum atomic E-state index is 12.4. The summed E-state index contributed by atoms with van der Waals surface area (Å²) >= 11 is 1.55. The van der Waals surface area contributed by atoms with Crippen molar-refractivity contribution >= 4 is 21.4 Å². The SMILES string of the molecule is COc1ccccc1S(=O)(=O)NCc1cn(-c2ccsc2)nn1. The van der Waals surface area contributed by atoms with Gasteiger partial charge in [0.1, 0.15) is 10.6 Å². The lowest BCUT2D eigenvalue weighted by atomic mass is 10.3. The van der Waals surface area contributed by atoms with Gasteiger partial charge in [0.15, 0.2) is 0 Å². The average molecular weight is 350 g/mol. The van der Waals surface area contributed by atoms with E-state index in [-0.39, 0.29) is 11.4 Å². The maximum absolute atomic E-state index is 12.4. The van der Waals surface area contributed by atoms with Crippen molar-refractivity contribution in [2.24, 2.45) is 0 Å². The molecule has 0 radical (unpaired) electrons. The number of nitrogens with one attached hydrogen (secondary N) is 1. The lowest BCUT2D eigenvalue weighted by molar-refractivity contribution is 0.402. The molecule has 120 valence electrons. The summed E-state index contributed by atoms with van der Waals surface area (Å²) in [6.45, 7) is 0.0461. The molecule has 0 saturated carbocycles. The lowest BCUT2D eigenvalue weighted by Gasteiger charge is -2.09. The van der Waals surface area contributed by atoms with Crippen LogP contribution in [0.4, 0.5) is 0 Å². The highest BCUT2D eigenvalue weighted by Gasteiger charge is 2.19. The second-order valence-electron chi connectivity index (χ2n) is 4.61. The Kier molecular flexibility index (Phi) is 4.42. The highest BCUT2D eigenvalue weighted by Crippen LogP contribution is 2.22. The van der Waals surface area contributed by atoms with Crippen molar-refractivity contribution in [1.29, 1.82) is 0 Å². The Hall–Kier alpha value is -2.23. The standard InChI is InChI=1S/C14H14N4O3S2/c1-21-13-4-2-3-5-14(13)23(19,20)15-8-11-9-18(17-16-11)12-6-7-22-10-12/h2-7,9-10,15H,8H2,1H3. The minimum absolute atomic E-state index is 0.0461. The van der Waals surface area contributed by atoms with E-state index >= 15 is 0 Å². The van der Waals surface area contributed by atoms with Crippen LogP contribution in [0.1, 0.15) is 5.69 Å². The van der Waals surface area contributed by atoms with E-state index in [1.54, 1.807) is 40.4 Å². The third-order valence-corrected chi connectivity index (χ3v) is 5.22. The first-order valence-corrected chi connectivity index (χ1v) is 9.09. The highest BCUT2D eigenvalue weighted by molar-refractivity contribution is 7.89. The van der Waals surface area contributed by atoms with Crippen LogP contribution in [0.2, 0.25) is 0 Å². The molecular formula is C14H14N4O3S2. The molecule has 23 heavy (non-hydrogen) atoms. The van der Waals surface area contributed by atoms with Gasteiger partial charge in [-0.2, -0.15) is 11.3 Å². The van der Waals surface area contributed by atoms with Crippen molar-refractivity contribution in [3.8, 4) is 11.4 Å². The van der Waals surface area contributed by atoms with Gasteiger partial charge in [-0.25, -0.2) is 17.8 Å². The quantitative estimate of drug-likeness (QED) is 0.733. The third kappa shape index (κ3) is 3.41. The molecule has 0 bridgehead atoms. The first kappa shape index (κ1) is 15.7. The minimum atomic E-state index is -3.70. The molecule has 0 unspecified atom stereocenters. The maximum Gasteiger partial charge on any atom is 0.244 e. The predicted molar refractivity (Wildman–Crippen MR) is 86.3 cm³/mol. The summed E-state index contributed by atoms with van der Waals surface area (Å²) in [6, 6.07) is 8.35. The molecule has 1 aromatic carbocycles. The third-order valence-electron chi connectivity index (χ3n) is 3.11. The molecular weight excluding hydrogens is 336 g/mol. The molecule has 0 saturated heterocycles. The van der Waals surface area contributed by atoms with Crippen LogP contribution in [0.15, 0.2) is 52.2 Å². The van der Waals surface area contributed by atoms with Crippen LogP contribution in [0.5, 0.6) is 5.75 Å². The summed E-state index contributed by atoms with van der Waals surface area (Å²) < 4.78 is 33.9. The average Bonchev–Trinajstić information content (AvgIpc) is 3.24. The molecule has 0 fully saturated rings. The van der Waals surface area contributed by atoms with Crippen LogP contribution in [0.25, 0.3) is 5.69 Å². The van der Waals surface area contributed by atoms with Gasteiger partial charge in [0, 0.05) is 5.38 Å². The van der Waals surface area contributed by atoms with Crippen molar-refractivity contribution in [3.05, 3.63) is 53.0 Å². The van der Waals surface area contributed by atoms with Crippen molar-refractivity contribution in [1.82, 2.24) is 19.7 Å². The molecule has 3 rings (SSSR count). The van der Waals surface area contributed by atoms with Gasteiger partial charge in [0.25, 0.3) is 0 Å². The van der Waals surface area contributed by atoms with Crippen LogP contribution in [0, 0.1) is 0 Å². The summed E-state index contributed by atoms with van der Waals surface area (Å²) in [6.07, 6.45) is 1.69. The molecule has 7 nitrogen and oxygen atoms in total. The van der Waals surface area contributed by atoms with Gasteiger partial charge in [0.2, 0.25) is 10.0 Å². The first-order valence-electron chi connectivity index (χ1n) is 6.66. The number of hydrogen-bond donors (Lipinski definition) is 1. The molecule has 1 N–H and O–H groups in total. The van der Waals surface area contributed by atoms with E-state index in [1.165, 1.54) is 13.2 Å². The lowest BCUT2D eigenvalue weighted by Crippen LogP contribution is -2.23. The van der Waals surface area contributed by atoms with Gasteiger partial charge in [-0.3, -0.25) is 0 Å². The molecule has 0 aliphatic carbocycles. The van der Waals surface area contributed by atoms with E-state index in [1.807, 2.05) is 16.8 Å². The van der Waals surface area contributed by atoms with Crippen molar-refractivity contribution < 1.29 is 13.2 Å². The number of methoxy groups -OCH3 is 1. The fourth-order valence-electron chi connectivity index (χ4n) is 1.98. The molecule has 9 heteroatoms. The Morgan fingerprint density at radius 3 is 2.87 bits per heavy atom. The highest BCUT2D eigenvalue weighted by atomic mass is 32.2. The Balaban J connectivity index is 1.75. The number of thiophene rings is 1. The molecule has 3 aromatic rings. The predicted octanol–water partition coefficient (Wildman–Crippen LogP) is 1.82. The first-order chi connectivity index (χ1) is 11.1. The van der Waals surface area contributed by atoms with E-state index in [0.717, 1.165) is 5.69 Å². The zero-order valence-corrected chi connectivity index (χ0v) is 13.8. The van der Waals surface area contributed by atoms with Crippen molar-refractivity contribution in [2.75, 3.05) is 7.11 Å². The molecule has 0 atom stereocenters. The summed E-state index contributed by atoms with van der Waals surface area (Å²) in [5, 5.41) is 11.8. The van der Waals surface area contributed by atoms with E-state index in [0.29, 0.717) is 11.4 Å². The molecule has 0 amide bonds. The number of para-hydroxylation sites is 1. The second kappa shape index (κ2) is 6.49. The molecule has 2 heterocycles. The topological polar surface area (TPSA) is 86.1 Å². The number of rotatable bonds is 6. The summed E-state index contributed by atoms with van der Waals surface area (Å²) in [4.78, 5) is 0.0905. The number of benzene rings is 1. The zero-order valence-electron chi connectivity index (χ0n) is 12.2. The van der Waals surface area contributed by atoms with Crippen LogP contribution in [-0.2, 0) is 16.6 Å². The van der Waals surface area contributed by atoms with Gasteiger partial charge < -0.3 is 4.74 Å². The van der Waals surface area contributed by atoms with Crippen LogP contribution < -0.4 is 9.46 Å². The zero-order chi connectivity index (χ0) is 16.3. The smallest absolute Gasteiger partial charge is 0.244 e. The molecule has 0 spiro atoms. The fourth-order valence-corrected chi connectivity index (χ4v) is 3.77. The Bertz CT molecular complexity index is 888. The molecule has 2 aromatic heterocycles. The monoisotopic (exact) mass is 350 g/mol. The van der Waals surface area contributed by atoms with E-state index in [9.17, 15) is 8.42 Å². The summed E-state index contributed by atoms with van der Waals surface area (Å²) in [5.74, 6) is 0.293. The summed E-state index contributed by atoms with van der Waals surface area (Å²) in [7, 11) is -2.26.